The number of hydrogen-bond donors (Lipinski definition) is 4. The molecule has 0 bridgehead atoms. The van der Waals surface area contributed by atoms with Crippen molar-refractivity contribution in [2.24, 2.45) is 46.2 Å². The second kappa shape index (κ2) is 10.8. The number of unbranched alkanes of at least 4 members (excludes halogenated alkanes) is 1. The van der Waals surface area contributed by atoms with E-state index in [9.17, 15) is 10.2 Å². The smallest absolute Gasteiger partial charge is 0.0919 e. The Morgan fingerprint density at radius 2 is 1.77 bits per heavy atom. The van der Waals surface area contributed by atoms with Gasteiger partial charge in [-0.3, -0.25) is 0 Å². The average Bonchev–Trinajstić information content (AvgIpc) is 3.15. The summed E-state index contributed by atoms with van der Waals surface area (Å²) in [6.07, 6.45) is 15.6. The molecule has 5 N–H and O–H groups in total. The monoisotopic (exact) mass is 488 g/mol. The lowest BCUT2D eigenvalue weighted by molar-refractivity contribution is -0.181. The lowest BCUT2D eigenvalue weighted by Crippen LogP contribution is -2.68. The Balaban J connectivity index is 1.60. The third kappa shape index (κ3) is 4.91. The van der Waals surface area contributed by atoms with Crippen LogP contribution in [0, 0.1) is 40.4 Å². The molecule has 0 spiro atoms. The van der Waals surface area contributed by atoms with Crippen molar-refractivity contribution in [3.05, 3.63) is 11.6 Å². The number of rotatable bonds is 10. The van der Waals surface area contributed by atoms with Crippen LogP contribution in [0.1, 0.15) is 112 Å². The molecule has 0 heterocycles. The topological polar surface area (TPSA) is 78.5 Å². The molecule has 4 aliphatic carbocycles. The first kappa shape index (κ1) is 27.6. The van der Waals surface area contributed by atoms with Crippen molar-refractivity contribution in [1.29, 1.82) is 0 Å². The Labute approximate surface area is 215 Å². The van der Waals surface area contributed by atoms with Crippen molar-refractivity contribution in [2.75, 3.05) is 13.1 Å². The number of allylic oxidation sites excluding steroid dienone is 1. The van der Waals surface area contributed by atoms with Gasteiger partial charge in [-0.05, 0) is 99.5 Å². The van der Waals surface area contributed by atoms with Crippen molar-refractivity contribution >= 4 is 0 Å². The molecule has 4 heteroatoms. The first-order chi connectivity index (χ1) is 16.6. The van der Waals surface area contributed by atoms with Gasteiger partial charge in [-0.25, -0.2) is 0 Å². The van der Waals surface area contributed by atoms with Crippen LogP contribution in [-0.2, 0) is 0 Å². The molecular formula is C31H56N2O2. The van der Waals surface area contributed by atoms with Crippen LogP contribution in [-0.4, -0.2) is 41.0 Å². The van der Waals surface area contributed by atoms with Crippen LogP contribution in [0.5, 0.6) is 0 Å². The van der Waals surface area contributed by atoms with Gasteiger partial charge in [0.2, 0.25) is 0 Å². The number of aliphatic hydroxyl groups excluding tert-OH is 1. The number of nitrogens with two attached hydrogens (primary N) is 1. The molecular weight excluding hydrogens is 432 g/mol. The van der Waals surface area contributed by atoms with E-state index in [2.05, 4.69) is 46.0 Å². The summed E-state index contributed by atoms with van der Waals surface area (Å²) in [7, 11) is 0. The zero-order chi connectivity index (χ0) is 25.4. The van der Waals surface area contributed by atoms with E-state index in [0.717, 1.165) is 50.0 Å². The highest BCUT2D eigenvalue weighted by Gasteiger charge is 2.64. The van der Waals surface area contributed by atoms with Gasteiger partial charge in [0, 0.05) is 11.8 Å². The zero-order valence-corrected chi connectivity index (χ0v) is 23.5. The van der Waals surface area contributed by atoms with Gasteiger partial charge in [0.15, 0.2) is 0 Å². The van der Waals surface area contributed by atoms with Gasteiger partial charge in [0.25, 0.3) is 0 Å². The fourth-order valence-electron chi connectivity index (χ4n) is 9.36. The fraction of sp³-hybridized carbons (Fsp3) is 0.935. The van der Waals surface area contributed by atoms with E-state index in [1.54, 1.807) is 5.57 Å². The summed E-state index contributed by atoms with van der Waals surface area (Å²) in [5, 5.41) is 26.6. The van der Waals surface area contributed by atoms with Crippen molar-refractivity contribution in [3.8, 4) is 0 Å². The predicted molar refractivity (Wildman–Crippen MR) is 146 cm³/mol. The van der Waals surface area contributed by atoms with E-state index in [1.165, 1.54) is 44.9 Å². The highest BCUT2D eigenvalue weighted by atomic mass is 16.3. The molecule has 0 aromatic rings. The molecule has 3 saturated carbocycles. The third-order valence-corrected chi connectivity index (χ3v) is 11.5. The first-order valence-electron chi connectivity index (χ1n) is 15.1. The quantitative estimate of drug-likeness (QED) is 0.231. The minimum absolute atomic E-state index is 0.0728. The van der Waals surface area contributed by atoms with Crippen molar-refractivity contribution in [2.45, 2.75) is 129 Å². The first-order valence-corrected chi connectivity index (χ1v) is 15.1. The second-order valence-corrected chi connectivity index (χ2v) is 14.0. The van der Waals surface area contributed by atoms with E-state index in [-0.39, 0.29) is 11.5 Å². The number of nitrogens with one attached hydrogen (secondary N) is 1. The predicted octanol–water partition coefficient (Wildman–Crippen LogP) is 5.81. The number of hydrogen-bond acceptors (Lipinski definition) is 4. The van der Waals surface area contributed by atoms with Gasteiger partial charge in [0.1, 0.15) is 0 Å². The summed E-state index contributed by atoms with van der Waals surface area (Å²) in [5.41, 5.74) is 6.75. The van der Waals surface area contributed by atoms with Gasteiger partial charge < -0.3 is 21.3 Å². The Morgan fingerprint density at radius 3 is 2.49 bits per heavy atom. The average molecular weight is 489 g/mol. The van der Waals surface area contributed by atoms with Gasteiger partial charge in [-0.2, -0.15) is 0 Å². The molecule has 4 nitrogen and oxygen atoms in total. The summed E-state index contributed by atoms with van der Waals surface area (Å²) in [4.78, 5) is 0. The van der Waals surface area contributed by atoms with E-state index < -0.39 is 11.7 Å². The zero-order valence-electron chi connectivity index (χ0n) is 23.5. The van der Waals surface area contributed by atoms with Crippen LogP contribution in [0.15, 0.2) is 11.6 Å². The standard InChI is InChI=1S/C31H56N2O2/c1-21(2)9-8-10-22(3)25-11-12-26-24-19-28(33-18-7-6-17-32)31(35)20-23(34)13-16-30(31,5)27(24)14-15-29(25,26)4/h19,21-23,25-28,33-35H,6-18,20,32H2,1-5H3/t22-,23?,25-,26+,27+,28?,29-,30-,31?/m1/s1. The summed E-state index contributed by atoms with van der Waals surface area (Å²) in [5.74, 6) is 3.53. The highest BCUT2D eigenvalue weighted by Crippen LogP contribution is 2.67. The molecule has 0 aliphatic heterocycles. The summed E-state index contributed by atoms with van der Waals surface area (Å²) in [6, 6.07) is -0.0728. The normalized spacial score (nSPS) is 43.9. The summed E-state index contributed by atoms with van der Waals surface area (Å²) < 4.78 is 0. The van der Waals surface area contributed by atoms with Crippen LogP contribution in [0.4, 0.5) is 0 Å². The highest BCUT2D eigenvalue weighted by molar-refractivity contribution is 5.34. The van der Waals surface area contributed by atoms with Crippen molar-refractivity contribution in [3.63, 3.8) is 0 Å². The Kier molecular flexibility index (Phi) is 8.48. The largest absolute Gasteiger partial charge is 0.393 e. The molecule has 202 valence electrons. The second-order valence-electron chi connectivity index (χ2n) is 14.0. The van der Waals surface area contributed by atoms with Crippen LogP contribution in [0.3, 0.4) is 0 Å². The molecule has 9 atom stereocenters. The lowest BCUT2D eigenvalue weighted by Gasteiger charge is -2.63. The van der Waals surface area contributed by atoms with E-state index >= 15 is 0 Å². The molecule has 4 rings (SSSR count). The molecule has 0 saturated heterocycles. The molecule has 4 aliphatic rings. The molecule has 3 unspecified atom stereocenters. The van der Waals surface area contributed by atoms with Gasteiger partial charge in [-0.1, -0.05) is 65.5 Å². The Morgan fingerprint density at radius 1 is 1.00 bits per heavy atom. The summed E-state index contributed by atoms with van der Waals surface area (Å²) >= 11 is 0. The fourth-order valence-corrected chi connectivity index (χ4v) is 9.36. The van der Waals surface area contributed by atoms with Crippen molar-refractivity contribution in [1.82, 2.24) is 5.32 Å². The maximum absolute atomic E-state index is 12.3. The molecule has 3 fully saturated rings. The van der Waals surface area contributed by atoms with Gasteiger partial charge in [-0.15, -0.1) is 0 Å². The van der Waals surface area contributed by atoms with Crippen LogP contribution in [0.2, 0.25) is 0 Å². The number of fused-ring (bicyclic) bond motifs is 5. The maximum Gasteiger partial charge on any atom is 0.0919 e. The molecule has 0 aromatic heterocycles. The lowest BCUT2D eigenvalue weighted by atomic mass is 9.45. The molecule has 0 amide bonds. The summed E-state index contributed by atoms with van der Waals surface area (Å²) in [6.45, 7) is 13.8. The number of aliphatic hydroxyl groups is 2. The van der Waals surface area contributed by atoms with E-state index in [1.807, 2.05) is 0 Å². The molecule has 35 heavy (non-hydrogen) atoms. The van der Waals surface area contributed by atoms with E-state index in [0.29, 0.717) is 30.2 Å². The van der Waals surface area contributed by atoms with Gasteiger partial charge >= 0.3 is 0 Å². The third-order valence-electron chi connectivity index (χ3n) is 11.5. The Bertz CT molecular complexity index is 752. The van der Waals surface area contributed by atoms with Crippen LogP contribution in [0.25, 0.3) is 0 Å². The van der Waals surface area contributed by atoms with E-state index in [4.69, 9.17) is 5.73 Å². The van der Waals surface area contributed by atoms with Crippen LogP contribution < -0.4 is 11.1 Å². The van der Waals surface area contributed by atoms with Crippen LogP contribution >= 0.6 is 0 Å². The molecule has 0 radical (unpaired) electrons. The van der Waals surface area contributed by atoms with Crippen molar-refractivity contribution < 1.29 is 10.2 Å². The minimum Gasteiger partial charge on any atom is -0.393 e. The SMILES string of the molecule is CC(C)CCC[C@@H](C)[C@H]1CC[C@H]2C3=CC(NCCCCN)C4(O)CC(O)CC[C@]4(C)[C@H]3CC[C@]12C. The Hall–Kier alpha value is -0.420. The minimum atomic E-state index is -0.878. The van der Waals surface area contributed by atoms with Gasteiger partial charge in [0.05, 0.1) is 17.7 Å². The maximum atomic E-state index is 12.3. The molecule has 0 aromatic carbocycles.